The van der Waals surface area contributed by atoms with E-state index in [2.05, 4.69) is 60.7 Å². The largest absolute Gasteiger partial charge is 0.507 e. The van der Waals surface area contributed by atoms with E-state index in [1.165, 1.54) is 11.1 Å². The summed E-state index contributed by atoms with van der Waals surface area (Å²) in [6, 6.07) is 40.5. The molecule has 0 aromatic heterocycles. The number of hydrogen-bond donors (Lipinski definition) is 1. The normalized spacial score (nSPS) is 10.8. The summed E-state index contributed by atoms with van der Waals surface area (Å²) in [7, 11) is 0. The maximum atomic E-state index is 11.2. The molecule has 0 aliphatic carbocycles. The molecule has 5 rings (SSSR count). The van der Waals surface area contributed by atoms with E-state index >= 15 is 0 Å². The minimum Gasteiger partial charge on any atom is -0.507 e. The first-order chi connectivity index (χ1) is 15.7. The maximum absolute atomic E-state index is 11.2. The summed E-state index contributed by atoms with van der Waals surface area (Å²) < 4.78 is 0. The number of phenols is 1. The Morgan fingerprint density at radius 3 is 1.41 bits per heavy atom. The summed E-state index contributed by atoms with van der Waals surface area (Å²) in [5.74, 6) is 0.231. The van der Waals surface area contributed by atoms with Crippen LogP contribution in [0.25, 0.3) is 44.5 Å². The highest BCUT2D eigenvalue weighted by atomic mass is 35.5. The van der Waals surface area contributed by atoms with Gasteiger partial charge in [-0.3, -0.25) is 0 Å². The SMILES string of the molecule is Oc1c(-c2ccccc2)cc(Cl)cc1-c1cccc(-c2ccccc2-c2ccccc2)c1. The number of rotatable bonds is 4. The van der Waals surface area contributed by atoms with Crippen molar-refractivity contribution in [1.82, 2.24) is 0 Å². The van der Waals surface area contributed by atoms with E-state index in [-0.39, 0.29) is 5.75 Å². The summed E-state index contributed by atoms with van der Waals surface area (Å²) in [5.41, 5.74) is 7.87. The van der Waals surface area contributed by atoms with Crippen LogP contribution in [0.4, 0.5) is 0 Å². The van der Waals surface area contributed by atoms with Crippen LogP contribution in [-0.4, -0.2) is 5.11 Å². The average Bonchev–Trinajstić information content (AvgIpc) is 2.86. The van der Waals surface area contributed by atoms with Gasteiger partial charge in [0.25, 0.3) is 0 Å². The molecule has 5 aromatic carbocycles. The Morgan fingerprint density at radius 1 is 0.406 bits per heavy atom. The third-order valence-electron chi connectivity index (χ3n) is 5.66. The van der Waals surface area contributed by atoms with Crippen molar-refractivity contribution >= 4 is 11.6 Å². The Bertz CT molecular complexity index is 1380. The molecule has 1 N–H and O–H groups in total. The standard InChI is InChI=1S/C30H21ClO/c31-25-19-28(22-12-5-2-6-13-22)30(32)29(20-25)24-15-9-14-23(18-24)27-17-8-7-16-26(27)21-10-3-1-4-11-21/h1-20,32H. The Morgan fingerprint density at radius 2 is 0.812 bits per heavy atom. The van der Waals surface area contributed by atoms with E-state index in [0.29, 0.717) is 5.02 Å². The fraction of sp³-hybridized carbons (Fsp3) is 0. The van der Waals surface area contributed by atoms with E-state index < -0.39 is 0 Å². The monoisotopic (exact) mass is 432 g/mol. The van der Waals surface area contributed by atoms with Crippen LogP contribution in [0.3, 0.4) is 0 Å². The van der Waals surface area contributed by atoms with Gasteiger partial charge in [0.05, 0.1) is 0 Å². The molecule has 32 heavy (non-hydrogen) atoms. The lowest BCUT2D eigenvalue weighted by atomic mass is 9.91. The van der Waals surface area contributed by atoms with Crippen molar-refractivity contribution in [2.75, 3.05) is 0 Å². The summed E-state index contributed by atoms with van der Waals surface area (Å²) >= 11 is 6.47. The molecule has 0 saturated carbocycles. The topological polar surface area (TPSA) is 20.2 Å². The fourth-order valence-corrected chi connectivity index (χ4v) is 4.33. The summed E-state index contributed by atoms with van der Waals surface area (Å²) in [6.07, 6.45) is 0. The first-order valence-electron chi connectivity index (χ1n) is 10.5. The number of hydrogen-bond acceptors (Lipinski definition) is 1. The van der Waals surface area contributed by atoms with Crippen molar-refractivity contribution in [2.24, 2.45) is 0 Å². The van der Waals surface area contributed by atoms with Crippen molar-refractivity contribution in [2.45, 2.75) is 0 Å². The molecule has 0 fully saturated rings. The Labute approximate surface area is 193 Å². The van der Waals surface area contributed by atoms with E-state index in [4.69, 9.17) is 11.6 Å². The molecule has 0 heterocycles. The van der Waals surface area contributed by atoms with Gasteiger partial charge >= 0.3 is 0 Å². The van der Waals surface area contributed by atoms with Gasteiger partial charge in [0.2, 0.25) is 0 Å². The second kappa shape index (κ2) is 8.74. The van der Waals surface area contributed by atoms with Crippen LogP contribution in [0.15, 0.2) is 121 Å². The number of phenolic OH excluding ortho intramolecular Hbond substituents is 1. The zero-order chi connectivity index (χ0) is 21.9. The first-order valence-corrected chi connectivity index (χ1v) is 10.9. The number of benzene rings is 5. The Kier molecular flexibility index (Phi) is 5.49. The molecular weight excluding hydrogens is 412 g/mol. The molecule has 0 saturated heterocycles. The van der Waals surface area contributed by atoms with Crippen molar-refractivity contribution in [1.29, 1.82) is 0 Å². The van der Waals surface area contributed by atoms with Crippen LogP contribution in [0.1, 0.15) is 0 Å². The predicted molar refractivity (Wildman–Crippen MR) is 135 cm³/mol. The molecule has 0 bridgehead atoms. The second-order valence-electron chi connectivity index (χ2n) is 7.71. The third-order valence-corrected chi connectivity index (χ3v) is 5.87. The summed E-state index contributed by atoms with van der Waals surface area (Å²) in [4.78, 5) is 0. The zero-order valence-corrected chi connectivity index (χ0v) is 18.1. The molecule has 154 valence electrons. The highest BCUT2D eigenvalue weighted by Gasteiger charge is 2.14. The lowest BCUT2D eigenvalue weighted by Gasteiger charge is -2.14. The van der Waals surface area contributed by atoms with Crippen LogP contribution in [0.2, 0.25) is 5.02 Å². The average molecular weight is 433 g/mol. The van der Waals surface area contributed by atoms with Crippen LogP contribution in [-0.2, 0) is 0 Å². The molecule has 0 aliphatic heterocycles. The minimum absolute atomic E-state index is 0.231. The molecular formula is C30H21ClO. The van der Waals surface area contributed by atoms with E-state index in [1.54, 1.807) is 0 Å². The minimum atomic E-state index is 0.231. The Hall–Kier alpha value is -3.81. The smallest absolute Gasteiger partial charge is 0.131 e. The lowest BCUT2D eigenvalue weighted by molar-refractivity contribution is 0.479. The van der Waals surface area contributed by atoms with Crippen LogP contribution in [0, 0.1) is 0 Å². The highest BCUT2D eigenvalue weighted by Crippen LogP contribution is 2.42. The van der Waals surface area contributed by atoms with Gasteiger partial charge < -0.3 is 5.11 Å². The molecule has 1 nitrogen and oxygen atoms in total. The van der Waals surface area contributed by atoms with Crippen molar-refractivity contribution < 1.29 is 5.11 Å². The summed E-state index contributed by atoms with van der Waals surface area (Å²) in [5, 5.41) is 11.7. The molecule has 5 aromatic rings. The fourth-order valence-electron chi connectivity index (χ4n) is 4.12. The number of aromatic hydroxyl groups is 1. The highest BCUT2D eigenvalue weighted by molar-refractivity contribution is 6.31. The van der Waals surface area contributed by atoms with E-state index in [9.17, 15) is 5.11 Å². The molecule has 0 unspecified atom stereocenters. The van der Waals surface area contributed by atoms with Gasteiger partial charge in [0.1, 0.15) is 5.75 Å². The number of halogens is 1. The van der Waals surface area contributed by atoms with Crippen molar-refractivity contribution in [3.05, 3.63) is 126 Å². The van der Waals surface area contributed by atoms with Gasteiger partial charge in [-0.2, -0.15) is 0 Å². The quantitative estimate of drug-likeness (QED) is 0.301. The van der Waals surface area contributed by atoms with Gasteiger partial charge in [-0.15, -0.1) is 0 Å². The first kappa shape index (κ1) is 20.1. The molecule has 0 amide bonds. The Balaban J connectivity index is 1.64. The molecule has 0 spiro atoms. The molecule has 2 heteroatoms. The summed E-state index contributed by atoms with van der Waals surface area (Å²) in [6.45, 7) is 0. The van der Waals surface area contributed by atoms with Gasteiger partial charge in [-0.1, -0.05) is 115 Å². The second-order valence-corrected chi connectivity index (χ2v) is 8.14. The molecule has 0 aliphatic rings. The van der Waals surface area contributed by atoms with Gasteiger partial charge in [0, 0.05) is 16.1 Å². The van der Waals surface area contributed by atoms with Crippen LogP contribution in [0.5, 0.6) is 5.75 Å². The zero-order valence-electron chi connectivity index (χ0n) is 17.4. The van der Waals surface area contributed by atoms with Crippen LogP contribution >= 0.6 is 11.6 Å². The van der Waals surface area contributed by atoms with Gasteiger partial charge in [0.15, 0.2) is 0 Å². The van der Waals surface area contributed by atoms with E-state index in [1.807, 2.05) is 60.7 Å². The van der Waals surface area contributed by atoms with E-state index in [0.717, 1.165) is 33.4 Å². The van der Waals surface area contributed by atoms with Crippen molar-refractivity contribution in [3.8, 4) is 50.3 Å². The van der Waals surface area contributed by atoms with Gasteiger partial charge in [-0.25, -0.2) is 0 Å². The van der Waals surface area contributed by atoms with Crippen LogP contribution < -0.4 is 0 Å². The van der Waals surface area contributed by atoms with Crippen molar-refractivity contribution in [3.63, 3.8) is 0 Å². The lowest BCUT2D eigenvalue weighted by Crippen LogP contribution is -1.88. The predicted octanol–water partition coefficient (Wildman–Crippen LogP) is 8.71. The molecule has 0 radical (unpaired) electrons. The third kappa shape index (κ3) is 3.91. The van der Waals surface area contributed by atoms with Gasteiger partial charge in [-0.05, 0) is 51.6 Å². The maximum Gasteiger partial charge on any atom is 0.131 e. The molecule has 0 atom stereocenters.